The SMILES string of the molecule is CC.CO.Cc1cccc(C(C=O)CCCCC(C)(C)C#N)c1. The Labute approximate surface area is 142 Å². The maximum Gasteiger partial charge on any atom is 0.127 e. The average Bonchev–Trinajstić information content (AvgIpc) is 2.58. The highest BCUT2D eigenvalue weighted by molar-refractivity contribution is 5.62. The van der Waals surface area contributed by atoms with Gasteiger partial charge in [0.15, 0.2) is 0 Å². The zero-order valence-electron chi connectivity index (χ0n) is 15.6. The first-order valence-electron chi connectivity index (χ1n) is 8.36. The summed E-state index contributed by atoms with van der Waals surface area (Å²) in [6.45, 7) is 9.97. The van der Waals surface area contributed by atoms with Crippen molar-refractivity contribution < 1.29 is 9.90 Å². The van der Waals surface area contributed by atoms with Crippen molar-refractivity contribution in [2.45, 2.75) is 66.2 Å². The van der Waals surface area contributed by atoms with Gasteiger partial charge in [-0.3, -0.25) is 0 Å². The Morgan fingerprint density at radius 1 is 1.26 bits per heavy atom. The number of rotatable bonds is 7. The number of aryl methyl sites for hydroxylation is 1. The van der Waals surface area contributed by atoms with Gasteiger partial charge in [-0.15, -0.1) is 0 Å². The summed E-state index contributed by atoms with van der Waals surface area (Å²) in [5.74, 6) is -0.00917. The molecule has 0 aliphatic heterocycles. The van der Waals surface area contributed by atoms with E-state index in [1.54, 1.807) is 0 Å². The van der Waals surface area contributed by atoms with Gasteiger partial charge in [-0.1, -0.05) is 56.5 Å². The predicted octanol–water partition coefficient (Wildman–Crippen LogP) is 5.02. The van der Waals surface area contributed by atoms with E-state index in [0.29, 0.717) is 0 Å². The van der Waals surface area contributed by atoms with Crippen LogP contribution in [0.1, 0.15) is 70.4 Å². The zero-order chi connectivity index (χ0) is 18.3. The van der Waals surface area contributed by atoms with E-state index < -0.39 is 0 Å². The van der Waals surface area contributed by atoms with Crippen LogP contribution >= 0.6 is 0 Å². The van der Waals surface area contributed by atoms with Crippen molar-refractivity contribution >= 4 is 6.29 Å². The van der Waals surface area contributed by atoms with E-state index in [4.69, 9.17) is 10.4 Å². The molecule has 0 amide bonds. The Kier molecular flexibility index (Phi) is 14.3. The molecule has 0 saturated heterocycles. The van der Waals surface area contributed by atoms with Gasteiger partial charge < -0.3 is 9.90 Å². The summed E-state index contributed by atoms with van der Waals surface area (Å²) in [4.78, 5) is 11.2. The molecule has 1 aromatic carbocycles. The van der Waals surface area contributed by atoms with E-state index in [0.717, 1.165) is 44.6 Å². The lowest BCUT2D eigenvalue weighted by Crippen LogP contribution is -2.08. The fourth-order valence-electron chi connectivity index (χ4n) is 2.20. The molecule has 0 radical (unpaired) electrons. The minimum absolute atomic E-state index is 0.00917. The highest BCUT2D eigenvalue weighted by Crippen LogP contribution is 2.25. The summed E-state index contributed by atoms with van der Waals surface area (Å²) >= 11 is 0. The third kappa shape index (κ3) is 10.7. The van der Waals surface area contributed by atoms with Crippen LogP contribution in [-0.2, 0) is 4.79 Å². The summed E-state index contributed by atoms with van der Waals surface area (Å²) in [7, 11) is 1.00. The number of hydrogen-bond donors (Lipinski definition) is 1. The summed E-state index contributed by atoms with van der Waals surface area (Å²) in [6.07, 6.45) is 4.79. The van der Waals surface area contributed by atoms with E-state index >= 15 is 0 Å². The first kappa shape index (κ1) is 23.6. The molecule has 1 rings (SSSR count). The first-order chi connectivity index (χ1) is 11.0. The molecule has 0 aliphatic carbocycles. The molecule has 0 fully saturated rings. The molecule has 0 aliphatic rings. The number of nitriles is 1. The standard InChI is InChI=1S/C17H23NO.C2H6.CH4O/c1-14-7-6-9-15(11-14)16(12-19)8-4-5-10-17(2,3)13-18;2*1-2/h6-7,9,11-12,16H,4-5,8,10H2,1-3H3;1-2H3;2H,1H3. The van der Waals surface area contributed by atoms with Gasteiger partial charge >= 0.3 is 0 Å². The first-order valence-corrected chi connectivity index (χ1v) is 8.36. The number of unbranched alkanes of at least 4 members (excludes halogenated alkanes) is 1. The highest BCUT2D eigenvalue weighted by atomic mass is 16.2. The largest absolute Gasteiger partial charge is 0.400 e. The second kappa shape index (κ2) is 14.0. The molecule has 0 spiro atoms. The Morgan fingerprint density at radius 2 is 1.87 bits per heavy atom. The third-order valence-corrected chi connectivity index (χ3v) is 3.50. The smallest absolute Gasteiger partial charge is 0.127 e. The Hall–Kier alpha value is -1.66. The molecule has 23 heavy (non-hydrogen) atoms. The van der Waals surface area contributed by atoms with Gasteiger partial charge in [0.05, 0.1) is 11.5 Å². The van der Waals surface area contributed by atoms with E-state index in [9.17, 15) is 4.79 Å². The van der Waals surface area contributed by atoms with Crippen LogP contribution in [0.3, 0.4) is 0 Å². The number of aldehydes is 1. The molecule has 130 valence electrons. The number of benzene rings is 1. The molecule has 1 unspecified atom stereocenters. The molecular formula is C20H33NO2. The molecule has 0 aromatic heterocycles. The van der Waals surface area contributed by atoms with Crippen LogP contribution in [0.2, 0.25) is 0 Å². The molecule has 3 nitrogen and oxygen atoms in total. The van der Waals surface area contributed by atoms with Crippen LogP contribution in [0, 0.1) is 23.7 Å². The Bertz CT molecular complexity index is 461. The Morgan fingerprint density at radius 3 is 2.35 bits per heavy atom. The molecule has 3 heteroatoms. The van der Waals surface area contributed by atoms with Crippen LogP contribution < -0.4 is 0 Å². The number of carbonyl (C=O) groups is 1. The van der Waals surface area contributed by atoms with Gasteiger partial charge in [-0.2, -0.15) is 5.26 Å². The van der Waals surface area contributed by atoms with Crippen LogP contribution in [0.25, 0.3) is 0 Å². The molecule has 0 bridgehead atoms. The summed E-state index contributed by atoms with van der Waals surface area (Å²) in [5.41, 5.74) is 2.05. The second-order valence-corrected chi connectivity index (χ2v) is 5.90. The quantitative estimate of drug-likeness (QED) is 0.567. The lowest BCUT2D eigenvalue weighted by Gasteiger charge is -2.16. The minimum atomic E-state index is -0.250. The van der Waals surface area contributed by atoms with Crippen molar-refractivity contribution in [2.24, 2.45) is 5.41 Å². The molecule has 1 N–H and O–H groups in total. The van der Waals surface area contributed by atoms with Crippen molar-refractivity contribution in [2.75, 3.05) is 7.11 Å². The Balaban J connectivity index is 0. The molecule has 0 heterocycles. The molecule has 1 aromatic rings. The number of carbonyl (C=O) groups excluding carboxylic acids is 1. The maximum absolute atomic E-state index is 11.2. The topological polar surface area (TPSA) is 61.1 Å². The van der Waals surface area contributed by atoms with E-state index in [-0.39, 0.29) is 11.3 Å². The summed E-state index contributed by atoms with van der Waals surface area (Å²) in [5, 5.41) is 16.0. The fraction of sp³-hybridized carbons (Fsp3) is 0.600. The maximum atomic E-state index is 11.2. The van der Waals surface area contributed by atoms with Gasteiger partial charge in [0, 0.05) is 13.0 Å². The predicted molar refractivity (Wildman–Crippen MR) is 97.3 cm³/mol. The summed E-state index contributed by atoms with van der Waals surface area (Å²) < 4.78 is 0. The second-order valence-electron chi connectivity index (χ2n) is 5.90. The van der Waals surface area contributed by atoms with E-state index in [1.807, 2.05) is 52.8 Å². The van der Waals surface area contributed by atoms with E-state index in [2.05, 4.69) is 12.1 Å². The van der Waals surface area contributed by atoms with Crippen molar-refractivity contribution in [1.29, 1.82) is 5.26 Å². The van der Waals surface area contributed by atoms with Crippen molar-refractivity contribution in [3.8, 4) is 6.07 Å². The molecule has 1 atom stereocenters. The zero-order valence-corrected chi connectivity index (χ0v) is 15.6. The average molecular weight is 319 g/mol. The number of aliphatic hydroxyl groups is 1. The molecular weight excluding hydrogens is 286 g/mol. The van der Waals surface area contributed by atoms with Crippen LogP contribution in [0.5, 0.6) is 0 Å². The van der Waals surface area contributed by atoms with Crippen molar-refractivity contribution in [1.82, 2.24) is 0 Å². The highest BCUT2D eigenvalue weighted by Gasteiger charge is 2.16. The van der Waals surface area contributed by atoms with Gasteiger partial charge in [0.1, 0.15) is 6.29 Å². The monoisotopic (exact) mass is 319 g/mol. The van der Waals surface area contributed by atoms with E-state index in [1.165, 1.54) is 5.56 Å². The molecule has 0 saturated carbocycles. The van der Waals surface area contributed by atoms with Crippen LogP contribution in [-0.4, -0.2) is 18.5 Å². The number of aliphatic hydroxyl groups excluding tert-OH is 1. The normalized spacial score (nSPS) is 11.0. The van der Waals surface area contributed by atoms with Crippen molar-refractivity contribution in [3.05, 3.63) is 35.4 Å². The van der Waals surface area contributed by atoms with Gasteiger partial charge in [0.2, 0.25) is 0 Å². The van der Waals surface area contributed by atoms with Gasteiger partial charge in [-0.25, -0.2) is 0 Å². The van der Waals surface area contributed by atoms with Gasteiger partial charge in [-0.05, 0) is 39.2 Å². The third-order valence-electron chi connectivity index (χ3n) is 3.50. The lowest BCUT2D eigenvalue weighted by atomic mass is 9.87. The lowest BCUT2D eigenvalue weighted by molar-refractivity contribution is -0.109. The van der Waals surface area contributed by atoms with Crippen molar-refractivity contribution in [3.63, 3.8) is 0 Å². The van der Waals surface area contributed by atoms with Gasteiger partial charge in [0.25, 0.3) is 0 Å². The number of hydrogen-bond acceptors (Lipinski definition) is 3. The number of nitrogens with zero attached hydrogens (tertiary/aromatic N) is 1. The minimum Gasteiger partial charge on any atom is -0.400 e. The van der Waals surface area contributed by atoms with Crippen LogP contribution in [0.15, 0.2) is 24.3 Å². The fourth-order valence-corrected chi connectivity index (χ4v) is 2.20. The van der Waals surface area contributed by atoms with Crippen LogP contribution in [0.4, 0.5) is 0 Å². The summed E-state index contributed by atoms with van der Waals surface area (Å²) in [6, 6.07) is 10.5.